The Morgan fingerprint density at radius 1 is 1.31 bits per heavy atom. The number of carbonyl (C=O) groups excluding carboxylic acids is 1. The van der Waals surface area contributed by atoms with Crippen molar-refractivity contribution in [1.82, 2.24) is 10.6 Å². The minimum absolute atomic E-state index is 0.0328. The predicted molar refractivity (Wildman–Crippen MR) is 66.4 cm³/mol. The van der Waals surface area contributed by atoms with Crippen molar-refractivity contribution in [3.8, 4) is 0 Å². The maximum absolute atomic E-state index is 11.6. The lowest BCUT2D eigenvalue weighted by atomic mass is 10.1. The summed E-state index contributed by atoms with van der Waals surface area (Å²) in [4.78, 5) is 11.6. The molecule has 0 aliphatic heterocycles. The summed E-state index contributed by atoms with van der Waals surface area (Å²) < 4.78 is 5.06. The van der Waals surface area contributed by atoms with Crippen LogP contribution in [0.3, 0.4) is 0 Å². The molecule has 4 nitrogen and oxygen atoms in total. The highest BCUT2D eigenvalue weighted by atomic mass is 16.5. The van der Waals surface area contributed by atoms with Gasteiger partial charge in [-0.05, 0) is 26.7 Å². The molecule has 0 aliphatic carbocycles. The molecule has 0 aromatic carbocycles. The molecular weight excluding hydrogens is 204 g/mol. The first-order chi connectivity index (χ1) is 7.28. The summed E-state index contributed by atoms with van der Waals surface area (Å²) in [6.07, 6.45) is 0. The van der Waals surface area contributed by atoms with E-state index in [1.54, 1.807) is 7.11 Å². The average molecular weight is 230 g/mol. The molecule has 96 valence electrons. The molecule has 0 fully saturated rings. The van der Waals surface area contributed by atoms with Gasteiger partial charge in [0.05, 0.1) is 13.2 Å². The van der Waals surface area contributed by atoms with E-state index in [-0.39, 0.29) is 17.5 Å². The van der Waals surface area contributed by atoms with E-state index in [0.717, 1.165) is 0 Å². The molecule has 2 N–H and O–H groups in total. The molecule has 1 unspecified atom stereocenters. The topological polar surface area (TPSA) is 50.4 Å². The quantitative estimate of drug-likeness (QED) is 0.690. The maximum atomic E-state index is 11.6. The highest BCUT2D eigenvalue weighted by Gasteiger charge is 2.18. The first-order valence-corrected chi connectivity index (χ1v) is 5.82. The number of hydrogen-bond donors (Lipinski definition) is 2. The molecule has 0 radical (unpaired) electrons. The molecule has 0 rings (SSSR count). The number of amides is 1. The lowest BCUT2D eigenvalue weighted by Gasteiger charge is -2.26. The first kappa shape index (κ1) is 15.4. The second kappa shape index (κ2) is 6.86. The number of hydrogen-bond acceptors (Lipinski definition) is 3. The molecule has 0 heterocycles. The summed E-state index contributed by atoms with van der Waals surface area (Å²) in [6, 6.07) is 0.208. The fraction of sp³-hybridized carbons (Fsp3) is 0.917. The van der Waals surface area contributed by atoms with Crippen LogP contribution >= 0.6 is 0 Å². The fourth-order valence-electron chi connectivity index (χ4n) is 1.20. The van der Waals surface area contributed by atoms with Crippen molar-refractivity contribution in [1.29, 1.82) is 0 Å². The molecule has 0 spiro atoms. The molecule has 0 saturated carbocycles. The summed E-state index contributed by atoms with van der Waals surface area (Å²) in [6.45, 7) is 11.1. The highest BCUT2D eigenvalue weighted by Crippen LogP contribution is 2.02. The summed E-state index contributed by atoms with van der Waals surface area (Å²) in [7, 11) is 1.66. The average Bonchev–Trinajstić information content (AvgIpc) is 2.14. The van der Waals surface area contributed by atoms with E-state index < -0.39 is 0 Å². The molecule has 0 saturated heterocycles. The van der Waals surface area contributed by atoms with Gasteiger partial charge >= 0.3 is 0 Å². The van der Waals surface area contributed by atoms with E-state index in [4.69, 9.17) is 4.74 Å². The van der Waals surface area contributed by atoms with E-state index in [2.05, 4.69) is 24.5 Å². The Labute approximate surface area is 99.1 Å². The zero-order valence-electron chi connectivity index (χ0n) is 11.4. The van der Waals surface area contributed by atoms with Crippen molar-refractivity contribution in [2.75, 3.05) is 20.3 Å². The Morgan fingerprint density at radius 2 is 1.88 bits per heavy atom. The molecule has 4 heteroatoms. The van der Waals surface area contributed by atoms with E-state index >= 15 is 0 Å². The molecule has 0 aliphatic rings. The minimum Gasteiger partial charge on any atom is -0.383 e. The van der Waals surface area contributed by atoms with Gasteiger partial charge in [-0.25, -0.2) is 0 Å². The van der Waals surface area contributed by atoms with Crippen molar-refractivity contribution in [2.45, 2.75) is 46.2 Å². The molecule has 0 aromatic rings. The Balaban J connectivity index is 3.89. The van der Waals surface area contributed by atoms with Crippen LogP contribution in [0.2, 0.25) is 0 Å². The second-order valence-electron chi connectivity index (χ2n) is 5.27. The van der Waals surface area contributed by atoms with Crippen LogP contribution in [-0.4, -0.2) is 37.7 Å². The highest BCUT2D eigenvalue weighted by molar-refractivity contribution is 5.78. The van der Waals surface area contributed by atoms with Gasteiger partial charge in [-0.15, -0.1) is 0 Å². The predicted octanol–water partition coefficient (Wildman–Crippen LogP) is 1.16. The largest absolute Gasteiger partial charge is 0.383 e. The van der Waals surface area contributed by atoms with Gasteiger partial charge in [-0.2, -0.15) is 0 Å². The SMILES string of the molecule is COCC(C)(C)NCC(=O)NC(C)C(C)C. The summed E-state index contributed by atoms with van der Waals surface area (Å²) in [5.41, 5.74) is -0.173. The van der Waals surface area contributed by atoms with E-state index in [0.29, 0.717) is 19.1 Å². The zero-order chi connectivity index (χ0) is 12.8. The third kappa shape index (κ3) is 6.80. The van der Waals surface area contributed by atoms with E-state index in [1.807, 2.05) is 20.8 Å². The van der Waals surface area contributed by atoms with Crippen LogP contribution in [0.4, 0.5) is 0 Å². The number of carbonyl (C=O) groups is 1. The third-order valence-corrected chi connectivity index (χ3v) is 2.62. The molecule has 0 aromatic heterocycles. The number of ether oxygens (including phenoxy) is 1. The van der Waals surface area contributed by atoms with E-state index in [1.165, 1.54) is 0 Å². The van der Waals surface area contributed by atoms with Crippen LogP contribution in [-0.2, 0) is 9.53 Å². The summed E-state index contributed by atoms with van der Waals surface area (Å²) in [5, 5.41) is 6.12. The van der Waals surface area contributed by atoms with Gasteiger partial charge in [-0.1, -0.05) is 13.8 Å². The van der Waals surface area contributed by atoms with Crippen molar-refractivity contribution >= 4 is 5.91 Å². The van der Waals surface area contributed by atoms with Crippen LogP contribution in [0.1, 0.15) is 34.6 Å². The molecular formula is C12H26N2O2. The molecule has 1 amide bonds. The Hall–Kier alpha value is -0.610. The number of rotatable bonds is 7. The van der Waals surface area contributed by atoms with Crippen molar-refractivity contribution in [3.63, 3.8) is 0 Å². The van der Waals surface area contributed by atoms with E-state index in [9.17, 15) is 4.79 Å². The number of methoxy groups -OCH3 is 1. The monoisotopic (exact) mass is 230 g/mol. The smallest absolute Gasteiger partial charge is 0.234 e. The molecule has 0 bridgehead atoms. The normalized spacial score (nSPS) is 13.9. The van der Waals surface area contributed by atoms with Crippen LogP contribution in [0.5, 0.6) is 0 Å². The van der Waals surface area contributed by atoms with Crippen LogP contribution in [0.15, 0.2) is 0 Å². The van der Waals surface area contributed by atoms with Gasteiger partial charge in [0.15, 0.2) is 0 Å². The first-order valence-electron chi connectivity index (χ1n) is 5.82. The minimum atomic E-state index is -0.173. The standard InChI is InChI=1S/C12H26N2O2/c1-9(2)10(3)14-11(15)7-13-12(4,5)8-16-6/h9-10,13H,7-8H2,1-6H3,(H,14,15). The maximum Gasteiger partial charge on any atom is 0.234 e. The van der Waals surface area contributed by atoms with Crippen LogP contribution in [0, 0.1) is 5.92 Å². The lowest BCUT2D eigenvalue weighted by Crippen LogP contribution is -2.49. The molecule has 1 atom stereocenters. The van der Waals surface area contributed by atoms with Gasteiger partial charge in [0.2, 0.25) is 5.91 Å². The third-order valence-electron chi connectivity index (χ3n) is 2.62. The lowest BCUT2D eigenvalue weighted by molar-refractivity contribution is -0.121. The van der Waals surface area contributed by atoms with Gasteiger partial charge < -0.3 is 15.4 Å². The zero-order valence-corrected chi connectivity index (χ0v) is 11.4. The fourth-order valence-corrected chi connectivity index (χ4v) is 1.20. The van der Waals surface area contributed by atoms with Crippen LogP contribution < -0.4 is 10.6 Å². The number of nitrogens with one attached hydrogen (secondary N) is 2. The van der Waals surface area contributed by atoms with Crippen LogP contribution in [0.25, 0.3) is 0 Å². The summed E-state index contributed by atoms with van der Waals surface area (Å²) >= 11 is 0. The summed E-state index contributed by atoms with van der Waals surface area (Å²) in [5.74, 6) is 0.487. The second-order valence-corrected chi connectivity index (χ2v) is 5.27. The van der Waals surface area contributed by atoms with Crippen molar-refractivity contribution in [2.24, 2.45) is 5.92 Å². The van der Waals surface area contributed by atoms with Gasteiger partial charge in [-0.3, -0.25) is 4.79 Å². The molecule has 16 heavy (non-hydrogen) atoms. The van der Waals surface area contributed by atoms with Crippen molar-refractivity contribution < 1.29 is 9.53 Å². The Kier molecular flexibility index (Phi) is 6.60. The Morgan fingerprint density at radius 3 is 2.31 bits per heavy atom. The van der Waals surface area contributed by atoms with Crippen molar-refractivity contribution in [3.05, 3.63) is 0 Å². The Bertz CT molecular complexity index is 215. The van der Waals surface area contributed by atoms with Gasteiger partial charge in [0, 0.05) is 18.7 Å². The van der Waals surface area contributed by atoms with Gasteiger partial charge in [0.1, 0.15) is 0 Å². The van der Waals surface area contributed by atoms with Gasteiger partial charge in [0.25, 0.3) is 0 Å².